The highest BCUT2D eigenvalue weighted by Crippen LogP contribution is 2.00. The van der Waals surface area contributed by atoms with Crippen LogP contribution in [-0.4, -0.2) is 60.6 Å². The summed E-state index contributed by atoms with van der Waals surface area (Å²) in [5, 5.41) is 26.5. The van der Waals surface area contributed by atoms with Crippen molar-refractivity contribution in [1.82, 2.24) is 0 Å². The van der Waals surface area contributed by atoms with E-state index < -0.39 is 12.2 Å². The monoisotopic (exact) mass is 222 g/mol. The predicted molar refractivity (Wildman–Crippen MR) is 55.6 cm³/mol. The number of aliphatic hydroxyl groups is 3. The summed E-state index contributed by atoms with van der Waals surface area (Å²) in [6, 6.07) is 0. The third-order valence-electron chi connectivity index (χ3n) is 1.94. The number of rotatable bonds is 10. The Morgan fingerprint density at radius 1 is 1.00 bits per heavy atom. The lowest BCUT2D eigenvalue weighted by Crippen LogP contribution is -2.33. The fourth-order valence-corrected chi connectivity index (χ4v) is 1.01. The van der Waals surface area contributed by atoms with Crippen LogP contribution < -0.4 is 0 Å². The normalized spacial score (nSPS) is 13.4. The van der Waals surface area contributed by atoms with Crippen molar-refractivity contribution in [2.45, 2.75) is 32.0 Å². The molecule has 0 aromatic rings. The van der Waals surface area contributed by atoms with E-state index in [1.807, 2.05) is 0 Å². The first-order chi connectivity index (χ1) is 7.28. The van der Waals surface area contributed by atoms with Crippen LogP contribution in [0, 0.1) is 0 Å². The van der Waals surface area contributed by atoms with Gasteiger partial charge in [-0.2, -0.15) is 0 Å². The van der Waals surface area contributed by atoms with E-state index >= 15 is 0 Å². The van der Waals surface area contributed by atoms with Crippen molar-refractivity contribution in [1.29, 1.82) is 0 Å². The third-order valence-corrected chi connectivity index (χ3v) is 1.94. The van der Waals surface area contributed by atoms with E-state index in [1.165, 1.54) is 0 Å². The number of aliphatic hydroxyl groups excluding tert-OH is 3. The molecule has 5 heteroatoms. The van der Waals surface area contributed by atoms with E-state index in [0.29, 0.717) is 6.61 Å². The Hall–Kier alpha value is -0.200. The molecule has 3 N–H and O–H groups in total. The third kappa shape index (κ3) is 7.70. The van der Waals surface area contributed by atoms with Crippen molar-refractivity contribution in [2.75, 3.05) is 33.0 Å². The molecule has 0 aromatic heterocycles. The fraction of sp³-hybridized carbons (Fsp3) is 1.00. The first kappa shape index (κ1) is 14.8. The maximum atomic E-state index is 8.95. The van der Waals surface area contributed by atoms with E-state index in [-0.39, 0.29) is 26.4 Å². The minimum atomic E-state index is -0.642. The van der Waals surface area contributed by atoms with E-state index in [0.717, 1.165) is 12.8 Å². The van der Waals surface area contributed by atoms with Crippen LogP contribution in [0.3, 0.4) is 0 Å². The summed E-state index contributed by atoms with van der Waals surface area (Å²) in [5.41, 5.74) is 0. The van der Waals surface area contributed by atoms with Gasteiger partial charge in [0.2, 0.25) is 0 Å². The molecule has 0 aliphatic carbocycles. The van der Waals surface area contributed by atoms with Crippen molar-refractivity contribution >= 4 is 0 Å². The average molecular weight is 222 g/mol. The molecule has 0 radical (unpaired) electrons. The van der Waals surface area contributed by atoms with Gasteiger partial charge in [-0.3, -0.25) is 0 Å². The largest absolute Gasteiger partial charge is 0.394 e. The summed E-state index contributed by atoms with van der Waals surface area (Å²) in [6.45, 7) is 2.29. The van der Waals surface area contributed by atoms with E-state index in [4.69, 9.17) is 24.8 Å². The highest BCUT2D eigenvalue weighted by molar-refractivity contribution is 4.60. The average Bonchev–Trinajstić information content (AvgIpc) is 2.28. The topological polar surface area (TPSA) is 79.2 Å². The molecule has 0 bridgehead atoms. The maximum Gasteiger partial charge on any atom is 0.104 e. The van der Waals surface area contributed by atoms with Gasteiger partial charge in [-0.05, 0) is 6.42 Å². The molecule has 0 aliphatic heterocycles. The van der Waals surface area contributed by atoms with Gasteiger partial charge in [0.15, 0.2) is 0 Å². The van der Waals surface area contributed by atoms with Crippen LogP contribution in [0.5, 0.6) is 0 Å². The fourth-order valence-electron chi connectivity index (χ4n) is 1.01. The molecule has 0 saturated heterocycles. The minimum Gasteiger partial charge on any atom is -0.394 e. The zero-order valence-electron chi connectivity index (χ0n) is 9.26. The molecule has 5 nitrogen and oxygen atoms in total. The lowest BCUT2D eigenvalue weighted by Gasteiger charge is -2.20. The van der Waals surface area contributed by atoms with E-state index in [1.54, 1.807) is 0 Å². The quantitative estimate of drug-likeness (QED) is 0.436. The van der Waals surface area contributed by atoms with Gasteiger partial charge in [0.25, 0.3) is 0 Å². The first-order valence-electron chi connectivity index (χ1n) is 5.34. The second kappa shape index (κ2) is 10.3. The molecule has 0 saturated carbocycles. The summed E-state index contributed by atoms with van der Waals surface area (Å²) < 4.78 is 10.5. The summed E-state index contributed by atoms with van der Waals surface area (Å²) in [5.74, 6) is 0. The van der Waals surface area contributed by atoms with Crippen molar-refractivity contribution in [2.24, 2.45) is 0 Å². The van der Waals surface area contributed by atoms with Gasteiger partial charge in [0.05, 0.1) is 26.4 Å². The molecule has 0 rings (SSSR count). The minimum absolute atomic E-state index is 0.178. The maximum absolute atomic E-state index is 8.95. The van der Waals surface area contributed by atoms with Crippen LogP contribution >= 0.6 is 0 Å². The van der Waals surface area contributed by atoms with E-state index in [9.17, 15) is 0 Å². The summed E-state index contributed by atoms with van der Waals surface area (Å²) >= 11 is 0. The van der Waals surface area contributed by atoms with E-state index in [2.05, 4.69) is 6.92 Å². The lowest BCUT2D eigenvalue weighted by molar-refractivity contribution is -0.106. The molecular formula is C10H22O5. The van der Waals surface area contributed by atoms with Crippen LogP contribution in [0.4, 0.5) is 0 Å². The van der Waals surface area contributed by atoms with Gasteiger partial charge in [0, 0.05) is 6.61 Å². The van der Waals surface area contributed by atoms with Crippen LogP contribution in [-0.2, 0) is 9.47 Å². The van der Waals surface area contributed by atoms with Crippen molar-refractivity contribution in [3.63, 3.8) is 0 Å². The van der Waals surface area contributed by atoms with Crippen LogP contribution in [0.25, 0.3) is 0 Å². The lowest BCUT2D eigenvalue weighted by atomic mass is 10.3. The van der Waals surface area contributed by atoms with Gasteiger partial charge in [-0.15, -0.1) is 0 Å². The number of hydrogen-bond donors (Lipinski definition) is 3. The van der Waals surface area contributed by atoms with Gasteiger partial charge < -0.3 is 24.8 Å². The Morgan fingerprint density at radius 3 is 2.07 bits per heavy atom. The molecule has 0 aliphatic rings. The molecule has 0 spiro atoms. The Kier molecular flexibility index (Phi) is 10.2. The van der Waals surface area contributed by atoms with Gasteiger partial charge >= 0.3 is 0 Å². The molecule has 0 amide bonds. The van der Waals surface area contributed by atoms with Gasteiger partial charge in [0.1, 0.15) is 12.2 Å². The summed E-state index contributed by atoms with van der Waals surface area (Å²) in [4.78, 5) is 0. The first-order valence-corrected chi connectivity index (χ1v) is 5.34. The summed E-state index contributed by atoms with van der Waals surface area (Å²) in [6.07, 6.45) is 0.908. The van der Waals surface area contributed by atoms with Crippen molar-refractivity contribution in [3.8, 4) is 0 Å². The Bertz CT molecular complexity index is 127. The zero-order valence-corrected chi connectivity index (χ0v) is 9.26. The number of ether oxygens (including phenoxy) is 2. The molecular weight excluding hydrogens is 200 g/mol. The molecule has 0 heterocycles. The van der Waals surface area contributed by atoms with Crippen LogP contribution in [0.2, 0.25) is 0 Å². The molecule has 15 heavy (non-hydrogen) atoms. The predicted octanol–water partition coefficient (Wildman–Crippen LogP) is -0.466. The Morgan fingerprint density at radius 2 is 1.60 bits per heavy atom. The van der Waals surface area contributed by atoms with Crippen LogP contribution in [0.1, 0.15) is 19.8 Å². The van der Waals surface area contributed by atoms with Gasteiger partial charge in [-0.25, -0.2) is 0 Å². The van der Waals surface area contributed by atoms with Crippen molar-refractivity contribution < 1.29 is 24.8 Å². The molecule has 1 atom stereocenters. The molecule has 0 fully saturated rings. The summed E-state index contributed by atoms with van der Waals surface area (Å²) in [7, 11) is 0. The highest BCUT2D eigenvalue weighted by Gasteiger charge is 2.14. The highest BCUT2D eigenvalue weighted by atomic mass is 16.6. The Labute approximate surface area is 90.6 Å². The molecule has 1 unspecified atom stereocenters. The number of hydrogen-bond acceptors (Lipinski definition) is 5. The molecule has 0 aromatic carbocycles. The standard InChI is InChI=1S/C10H22O5/c1-2-3-4-14-8-10(7-13)15-9(5-11)6-12/h9-13H,2-8H2,1H3. The Balaban J connectivity index is 3.61. The second-order valence-electron chi connectivity index (χ2n) is 3.36. The second-order valence-corrected chi connectivity index (χ2v) is 3.36. The van der Waals surface area contributed by atoms with Gasteiger partial charge in [-0.1, -0.05) is 13.3 Å². The SMILES string of the molecule is CCCCOCC(CO)OC(CO)CO. The molecule has 92 valence electrons. The zero-order chi connectivity index (χ0) is 11.5. The van der Waals surface area contributed by atoms with Crippen LogP contribution in [0.15, 0.2) is 0 Å². The van der Waals surface area contributed by atoms with Crippen molar-refractivity contribution in [3.05, 3.63) is 0 Å². The number of unbranched alkanes of at least 4 members (excludes halogenated alkanes) is 1. The smallest absolute Gasteiger partial charge is 0.104 e.